The number of aromatic nitrogens is 1. The summed E-state index contributed by atoms with van der Waals surface area (Å²) in [6.07, 6.45) is 4.86. The molecule has 1 rings (SSSR count). The van der Waals surface area contributed by atoms with Gasteiger partial charge in [0.25, 0.3) is 0 Å². The van der Waals surface area contributed by atoms with Gasteiger partial charge in [-0.1, -0.05) is 6.07 Å². The second kappa shape index (κ2) is 4.49. The minimum absolute atomic E-state index is 0.0888. The number of rotatable bonds is 4. The Bertz CT molecular complexity index is 283. The highest BCUT2D eigenvalue weighted by molar-refractivity contribution is 5.49. The third-order valence-electron chi connectivity index (χ3n) is 1.64. The van der Waals surface area contributed by atoms with Crippen molar-refractivity contribution in [2.75, 3.05) is 0 Å². The maximum atomic E-state index is 10.6. The first-order chi connectivity index (χ1) is 5.83. The number of carbonyl (C=O) groups excluding carboxylic acids is 1. The van der Waals surface area contributed by atoms with Crippen LogP contribution in [0, 0.1) is 0 Å². The van der Waals surface area contributed by atoms with Crippen LogP contribution in [0.5, 0.6) is 0 Å². The fraction of sp³-hybridized carbons (Fsp3) is 0.333. The first-order valence-corrected chi connectivity index (χ1v) is 3.94. The zero-order valence-electron chi connectivity index (χ0n) is 6.75. The molecule has 0 radical (unpaired) electrons. The molecule has 0 aliphatic rings. The van der Waals surface area contributed by atoms with Crippen LogP contribution in [0.1, 0.15) is 18.4 Å². The molecule has 1 heterocycles. The molecule has 0 amide bonds. The van der Waals surface area contributed by atoms with Crippen molar-refractivity contribution in [2.45, 2.75) is 19.3 Å². The molecule has 3 nitrogen and oxygen atoms in total. The third-order valence-corrected chi connectivity index (χ3v) is 1.64. The monoisotopic (exact) mass is 165 g/mol. The smallest absolute Gasteiger partial charge is 0.247 e. The Morgan fingerprint density at radius 2 is 2.25 bits per heavy atom. The van der Waals surface area contributed by atoms with E-state index >= 15 is 0 Å². The van der Waals surface area contributed by atoms with Crippen molar-refractivity contribution >= 4 is 6.29 Å². The van der Waals surface area contributed by atoms with Gasteiger partial charge in [0.15, 0.2) is 0 Å². The molecule has 0 unspecified atom stereocenters. The summed E-state index contributed by atoms with van der Waals surface area (Å²) in [7, 11) is 0. The highest BCUT2D eigenvalue weighted by Gasteiger charge is 1.91. The second-order valence-corrected chi connectivity index (χ2v) is 2.62. The number of pyridine rings is 1. The molecule has 1 N–H and O–H groups in total. The predicted octanol–water partition coefficient (Wildman–Crippen LogP) is 0.897. The number of hydrogen-bond acceptors (Lipinski definition) is 2. The largest absolute Gasteiger partial charge is 0.329 e. The molecule has 3 heteroatoms. The maximum absolute atomic E-state index is 10.6. The minimum atomic E-state index is -0.0888. The topological polar surface area (TPSA) is 49.9 Å². The van der Waals surface area contributed by atoms with Crippen molar-refractivity contribution < 1.29 is 4.79 Å². The van der Waals surface area contributed by atoms with Crippen molar-refractivity contribution in [1.29, 1.82) is 0 Å². The molecule has 0 aliphatic heterocycles. The van der Waals surface area contributed by atoms with Crippen LogP contribution in [0.3, 0.4) is 0 Å². The van der Waals surface area contributed by atoms with Crippen LogP contribution >= 0.6 is 0 Å². The number of hydrogen-bond donors (Lipinski definition) is 1. The molecule has 0 aliphatic carbocycles. The number of aromatic amines is 1. The maximum Gasteiger partial charge on any atom is 0.247 e. The van der Waals surface area contributed by atoms with Gasteiger partial charge in [-0.3, -0.25) is 4.79 Å². The highest BCUT2D eigenvalue weighted by Crippen LogP contribution is 1.99. The Balaban J connectivity index is 2.47. The zero-order chi connectivity index (χ0) is 8.81. The van der Waals surface area contributed by atoms with Crippen LogP contribution in [-0.4, -0.2) is 11.3 Å². The van der Waals surface area contributed by atoms with E-state index in [2.05, 4.69) is 4.98 Å². The molecule has 0 bridgehead atoms. The van der Waals surface area contributed by atoms with Crippen molar-refractivity contribution in [3.8, 4) is 0 Å². The average molecular weight is 165 g/mol. The Labute approximate surface area is 70.4 Å². The lowest BCUT2D eigenvalue weighted by Crippen LogP contribution is -2.02. The zero-order valence-corrected chi connectivity index (χ0v) is 6.75. The van der Waals surface area contributed by atoms with Crippen LogP contribution in [0.4, 0.5) is 0 Å². The van der Waals surface area contributed by atoms with E-state index < -0.39 is 0 Å². The predicted molar refractivity (Wildman–Crippen MR) is 46.1 cm³/mol. The number of H-pyrrole nitrogens is 1. The van der Waals surface area contributed by atoms with E-state index in [-0.39, 0.29) is 5.56 Å². The fourth-order valence-corrected chi connectivity index (χ4v) is 0.988. The van der Waals surface area contributed by atoms with Gasteiger partial charge in [0.05, 0.1) is 0 Å². The number of aldehydes is 1. The molecule has 64 valence electrons. The van der Waals surface area contributed by atoms with Crippen LogP contribution < -0.4 is 5.56 Å². The number of unbranched alkanes of at least 4 members (excludes halogenated alkanes) is 1. The molecule has 0 saturated heterocycles. The summed E-state index contributed by atoms with van der Waals surface area (Å²) in [6, 6.07) is 3.28. The summed E-state index contributed by atoms with van der Waals surface area (Å²) in [5.74, 6) is 0. The van der Waals surface area contributed by atoms with Crippen molar-refractivity contribution in [3.63, 3.8) is 0 Å². The van der Waals surface area contributed by atoms with E-state index in [1.54, 1.807) is 12.3 Å². The molecule has 0 fully saturated rings. The Morgan fingerprint density at radius 1 is 1.42 bits per heavy atom. The lowest BCUT2D eigenvalue weighted by atomic mass is 10.1. The first kappa shape index (κ1) is 8.71. The molecular formula is C9H11NO2. The molecule has 0 atom stereocenters. The van der Waals surface area contributed by atoms with Crippen molar-refractivity contribution in [1.82, 2.24) is 4.98 Å². The second-order valence-electron chi connectivity index (χ2n) is 2.62. The summed E-state index contributed by atoms with van der Waals surface area (Å²) >= 11 is 0. The summed E-state index contributed by atoms with van der Waals surface area (Å²) in [5.41, 5.74) is 0.977. The Kier molecular flexibility index (Phi) is 3.26. The standard InChI is InChI=1S/C9H11NO2/c11-6-2-1-3-8-4-5-9(12)10-7-8/h4-7H,1-3H2,(H,10,12). The summed E-state index contributed by atoms with van der Waals surface area (Å²) in [4.78, 5) is 23.2. The number of aryl methyl sites for hydroxylation is 1. The Morgan fingerprint density at radius 3 is 2.83 bits per heavy atom. The van der Waals surface area contributed by atoms with Gasteiger partial charge in [-0.05, 0) is 18.4 Å². The average Bonchev–Trinajstić information content (AvgIpc) is 2.09. The van der Waals surface area contributed by atoms with E-state index in [1.165, 1.54) is 6.07 Å². The van der Waals surface area contributed by atoms with Crippen molar-refractivity contribution in [2.24, 2.45) is 0 Å². The lowest BCUT2D eigenvalue weighted by Gasteiger charge is -1.96. The molecule has 12 heavy (non-hydrogen) atoms. The van der Waals surface area contributed by atoms with Gasteiger partial charge in [0.2, 0.25) is 5.56 Å². The van der Waals surface area contributed by atoms with Gasteiger partial charge < -0.3 is 9.78 Å². The van der Waals surface area contributed by atoms with Crippen LogP contribution in [0.25, 0.3) is 0 Å². The molecule has 0 aromatic carbocycles. The lowest BCUT2D eigenvalue weighted by molar-refractivity contribution is -0.107. The molecule has 0 saturated carbocycles. The highest BCUT2D eigenvalue weighted by atomic mass is 16.1. The van der Waals surface area contributed by atoms with Gasteiger partial charge in [0.1, 0.15) is 6.29 Å². The normalized spacial score (nSPS) is 9.67. The van der Waals surface area contributed by atoms with Gasteiger partial charge in [-0.15, -0.1) is 0 Å². The van der Waals surface area contributed by atoms with Gasteiger partial charge in [-0.25, -0.2) is 0 Å². The summed E-state index contributed by atoms with van der Waals surface area (Å²) in [6.45, 7) is 0. The summed E-state index contributed by atoms with van der Waals surface area (Å²) < 4.78 is 0. The van der Waals surface area contributed by atoms with E-state index in [4.69, 9.17) is 0 Å². The number of carbonyl (C=O) groups is 1. The molecule has 1 aromatic rings. The third kappa shape index (κ3) is 2.70. The van der Waals surface area contributed by atoms with Crippen molar-refractivity contribution in [3.05, 3.63) is 34.2 Å². The molecule has 0 spiro atoms. The number of nitrogens with one attached hydrogen (secondary N) is 1. The molecule has 1 aromatic heterocycles. The molecular weight excluding hydrogens is 154 g/mol. The quantitative estimate of drug-likeness (QED) is 0.532. The van der Waals surface area contributed by atoms with E-state index in [0.29, 0.717) is 6.42 Å². The van der Waals surface area contributed by atoms with Gasteiger partial charge in [-0.2, -0.15) is 0 Å². The van der Waals surface area contributed by atoms with Crippen LogP contribution in [0.15, 0.2) is 23.1 Å². The van der Waals surface area contributed by atoms with Crippen LogP contribution in [-0.2, 0) is 11.2 Å². The first-order valence-electron chi connectivity index (χ1n) is 3.94. The van der Waals surface area contributed by atoms with Crippen LogP contribution in [0.2, 0.25) is 0 Å². The van der Waals surface area contributed by atoms with E-state index in [9.17, 15) is 9.59 Å². The fourth-order valence-electron chi connectivity index (χ4n) is 0.988. The van der Waals surface area contributed by atoms with Gasteiger partial charge >= 0.3 is 0 Å². The summed E-state index contributed by atoms with van der Waals surface area (Å²) in [5, 5.41) is 0. The SMILES string of the molecule is O=CCCCc1ccc(=O)[nH]c1. The van der Waals surface area contributed by atoms with Gasteiger partial charge in [0, 0.05) is 18.7 Å². The Hall–Kier alpha value is -1.38. The van der Waals surface area contributed by atoms with E-state index in [0.717, 1.165) is 24.7 Å². The minimum Gasteiger partial charge on any atom is -0.329 e. The van der Waals surface area contributed by atoms with E-state index in [1.807, 2.05) is 0 Å².